The second-order valence-electron chi connectivity index (χ2n) is 4.56. The first-order valence-corrected chi connectivity index (χ1v) is 6.93. The van der Waals surface area contributed by atoms with Gasteiger partial charge in [0.15, 0.2) is 5.11 Å². The van der Waals surface area contributed by atoms with Crippen LogP contribution in [0.1, 0.15) is 21.5 Å². The van der Waals surface area contributed by atoms with Crippen molar-refractivity contribution in [2.24, 2.45) is 10.8 Å². The van der Waals surface area contributed by atoms with Gasteiger partial charge < -0.3 is 10.5 Å². The van der Waals surface area contributed by atoms with E-state index in [0.717, 1.165) is 11.1 Å². The van der Waals surface area contributed by atoms with Crippen LogP contribution in [0.25, 0.3) is 0 Å². The van der Waals surface area contributed by atoms with Gasteiger partial charge in [0, 0.05) is 0 Å². The summed E-state index contributed by atoms with van der Waals surface area (Å²) in [5.74, 6) is 0.0280. The van der Waals surface area contributed by atoms with Crippen molar-refractivity contribution in [2.45, 2.75) is 6.92 Å². The Balaban J connectivity index is 2.06. The summed E-state index contributed by atoms with van der Waals surface area (Å²) in [5.41, 5.74) is 10.1. The number of hydrazone groups is 1. The summed E-state index contributed by atoms with van der Waals surface area (Å²) >= 11 is 4.64. The normalized spacial score (nSPS) is 10.4. The number of aryl methyl sites for hydroxylation is 1. The standard InChI is InChI=1S/C16H15N3O2S/c1-11-5-7-13(8-6-11)15(20)21-14-4-2-3-12(9-14)10-18-19-16(17)22/h2-10H,1H3,(H3,17,19,22). The van der Waals surface area contributed by atoms with E-state index in [1.165, 1.54) is 6.21 Å². The topological polar surface area (TPSA) is 76.7 Å². The maximum absolute atomic E-state index is 12.0. The van der Waals surface area contributed by atoms with Gasteiger partial charge in [-0.2, -0.15) is 5.10 Å². The third-order valence-electron chi connectivity index (χ3n) is 2.74. The lowest BCUT2D eigenvalue weighted by Crippen LogP contribution is -2.23. The fraction of sp³-hybridized carbons (Fsp3) is 0.0625. The third-order valence-corrected chi connectivity index (χ3v) is 2.84. The Morgan fingerprint density at radius 2 is 2.00 bits per heavy atom. The third kappa shape index (κ3) is 4.68. The molecule has 0 atom stereocenters. The number of hydrogen-bond donors (Lipinski definition) is 2. The first-order chi connectivity index (χ1) is 10.5. The van der Waals surface area contributed by atoms with Gasteiger partial charge in [-0.05, 0) is 49.0 Å². The molecule has 22 heavy (non-hydrogen) atoms. The Morgan fingerprint density at radius 1 is 1.27 bits per heavy atom. The number of hydrogen-bond acceptors (Lipinski definition) is 4. The van der Waals surface area contributed by atoms with Gasteiger partial charge in [0.25, 0.3) is 0 Å². The summed E-state index contributed by atoms with van der Waals surface area (Å²) in [7, 11) is 0. The highest BCUT2D eigenvalue weighted by atomic mass is 32.1. The van der Waals surface area contributed by atoms with Gasteiger partial charge >= 0.3 is 5.97 Å². The lowest BCUT2D eigenvalue weighted by Gasteiger charge is -2.05. The fourth-order valence-corrected chi connectivity index (χ4v) is 1.74. The molecular weight excluding hydrogens is 298 g/mol. The minimum Gasteiger partial charge on any atom is -0.423 e. The summed E-state index contributed by atoms with van der Waals surface area (Å²) in [6.07, 6.45) is 1.53. The molecule has 0 aromatic heterocycles. The molecule has 2 aromatic rings. The Bertz CT molecular complexity index is 712. The summed E-state index contributed by atoms with van der Waals surface area (Å²) in [5, 5.41) is 3.93. The average Bonchev–Trinajstić information content (AvgIpc) is 2.48. The Kier molecular flexibility index (Phi) is 5.21. The average molecular weight is 313 g/mol. The zero-order chi connectivity index (χ0) is 15.9. The minimum absolute atomic E-state index is 0.0817. The van der Waals surface area contributed by atoms with Gasteiger partial charge in [-0.3, -0.25) is 5.43 Å². The van der Waals surface area contributed by atoms with Crippen LogP contribution >= 0.6 is 12.2 Å². The van der Waals surface area contributed by atoms with E-state index in [4.69, 9.17) is 10.5 Å². The Morgan fingerprint density at radius 3 is 2.68 bits per heavy atom. The summed E-state index contributed by atoms with van der Waals surface area (Å²) in [4.78, 5) is 12.0. The molecule has 0 aliphatic heterocycles. The number of ether oxygens (including phenoxy) is 1. The van der Waals surface area contributed by atoms with Crippen LogP contribution in [0.4, 0.5) is 0 Å². The fourth-order valence-electron chi connectivity index (χ4n) is 1.68. The summed E-state index contributed by atoms with van der Waals surface area (Å²) < 4.78 is 5.34. The minimum atomic E-state index is -0.407. The van der Waals surface area contributed by atoms with E-state index in [0.29, 0.717) is 11.3 Å². The number of esters is 1. The zero-order valence-corrected chi connectivity index (χ0v) is 12.8. The second-order valence-corrected chi connectivity index (χ2v) is 5.00. The molecule has 0 bridgehead atoms. The van der Waals surface area contributed by atoms with Crippen LogP contribution in [0.3, 0.4) is 0 Å². The predicted molar refractivity (Wildman–Crippen MR) is 90.1 cm³/mol. The van der Waals surface area contributed by atoms with Crippen LogP contribution in [0.2, 0.25) is 0 Å². The van der Waals surface area contributed by atoms with Crippen molar-refractivity contribution in [3.8, 4) is 5.75 Å². The maximum atomic E-state index is 12.0. The van der Waals surface area contributed by atoms with E-state index >= 15 is 0 Å². The largest absolute Gasteiger partial charge is 0.423 e. The lowest BCUT2D eigenvalue weighted by molar-refractivity contribution is 0.0735. The van der Waals surface area contributed by atoms with Gasteiger partial charge in [-0.1, -0.05) is 29.8 Å². The molecule has 0 heterocycles. The quantitative estimate of drug-likeness (QED) is 0.298. The van der Waals surface area contributed by atoms with Gasteiger partial charge in [-0.15, -0.1) is 0 Å². The monoisotopic (exact) mass is 313 g/mol. The maximum Gasteiger partial charge on any atom is 0.343 e. The molecule has 0 saturated carbocycles. The molecule has 0 aliphatic rings. The molecule has 0 aliphatic carbocycles. The number of rotatable bonds is 4. The molecule has 112 valence electrons. The van der Waals surface area contributed by atoms with Gasteiger partial charge in [0.2, 0.25) is 0 Å². The molecule has 2 aromatic carbocycles. The highest BCUT2D eigenvalue weighted by Crippen LogP contribution is 2.14. The zero-order valence-electron chi connectivity index (χ0n) is 11.9. The highest BCUT2D eigenvalue weighted by Gasteiger charge is 2.08. The van der Waals surface area contributed by atoms with Gasteiger partial charge in [0.1, 0.15) is 5.75 Å². The van der Waals surface area contributed by atoms with Crippen LogP contribution in [-0.2, 0) is 0 Å². The van der Waals surface area contributed by atoms with E-state index in [1.54, 1.807) is 30.3 Å². The Hall–Kier alpha value is -2.73. The van der Waals surface area contributed by atoms with Crippen molar-refractivity contribution in [3.63, 3.8) is 0 Å². The lowest BCUT2D eigenvalue weighted by atomic mass is 10.1. The van der Waals surface area contributed by atoms with E-state index in [9.17, 15) is 4.79 Å². The smallest absolute Gasteiger partial charge is 0.343 e. The molecule has 3 N–H and O–H groups in total. The van der Waals surface area contributed by atoms with E-state index in [-0.39, 0.29) is 5.11 Å². The molecule has 2 rings (SSSR count). The van der Waals surface area contributed by atoms with Crippen LogP contribution in [0, 0.1) is 6.92 Å². The predicted octanol–water partition coefficient (Wildman–Crippen LogP) is 2.38. The summed E-state index contributed by atoms with van der Waals surface area (Å²) in [6.45, 7) is 1.96. The van der Waals surface area contributed by atoms with Crippen molar-refractivity contribution in [1.82, 2.24) is 5.43 Å². The van der Waals surface area contributed by atoms with Crippen LogP contribution in [0.15, 0.2) is 53.6 Å². The molecule has 0 fully saturated rings. The molecule has 5 nitrogen and oxygen atoms in total. The molecule has 0 saturated heterocycles. The van der Waals surface area contributed by atoms with Crippen molar-refractivity contribution in [1.29, 1.82) is 0 Å². The Labute approximate surface area is 133 Å². The summed E-state index contributed by atoms with van der Waals surface area (Å²) in [6, 6.07) is 14.2. The van der Waals surface area contributed by atoms with Crippen LogP contribution in [-0.4, -0.2) is 17.3 Å². The number of nitrogens with one attached hydrogen (secondary N) is 1. The molecule has 0 amide bonds. The first kappa shape index (κ1) is 15.7. The van der Waals surface area contributed by atoms with Crippen molar-refractivity contribution in [3.05, 3.63) is 65.2 Å². The molecule has 6 heteroatoms. The molecule has 0 spiro atoms. The number of benzene rings is 2. The highest BCUT2D eigenvalue weighted by molar-refractivity contribution is 7.80. The van der Waals surface area contributed by atoms with Crippen LogP contribution in [0.5, 0.6) is 5.75 Å². The molecule has 0 unspecified atom stereocenters. The number of nitrogens with zero attached hydrogens (tertiary/aromatic N) is 1. The van der Waals surface area contributed by atoms with Gasteiger partial charge in [0.05, 0.1) is 11.8 Å². The van der Waals surface area contributed by atoms with Crippen molar-refractivity contribution in [2.75, 3.05) is 0 Å². The number of carbonyl (C=O) groups excluding carboxylic acids is 1. The SMILES string of the molecule is Cc1ccc(C(=O)Oc2cccc(C=NNC(N)=S)c2)cc1. The molecule has 0 radical (unpaired) electrons. The van der Waals surface area contributed by atoms with Crippen LogP contribution < -0.4 is 15.9 Å². The molecular formula is C16H15N3O2S. The second kappa shape index (κ2) is 7.33. The van der Waals surface area contributed by atoms with Crippen molar-refractivity contribution < 1.29 is 9.53 Å². The number of nitrogens with two attached hydrogens (primary N) is 1. The van der Waals surface area contributed by atoms with Crippen molar-refractivity contribution >= 4 is 29.5 Å². The van der Waals surface area contributed by atoms with E-state index in [2.05, 4.69) is 22.7 Å². The number of thiocarbonyl (C=S) groups is 1. The van der Waals surface area contributed by atoms with E-state index in [1.807, 2.05) is 25.1 Å². The first-order valence-electron chi connectivity index (χ1n) is 6.52. The number of carbonyl (C=O) groups is 1. The van der Waals surface area contributed by atoms with Gasteiger partial charge in [-0.25, -0.2) is 4.79 Å². The van der Waals surface area contributed by atoms with E-state index < -0.39 is 5.97 Å².